The third kappa shape index (κ3) is 2.01. The molecule has 80 valence electrons. The average Bonchev–Trinajstić information content (AvgIpc) is 2.41. The van der Waals surface area contributed by atoms with E-state index in [4.69, 9.17) is 0 Å². The molecule has 2 heterocycles. The predicted octanol–water partition coefficient (Wildman–Crippen LogP) is 1.78. The van der Waals surface area contributed by atoms with Crippen LogP contribution in [-0.4, -0.2) is 36.6 Å². The van der Waals surface area contributed by atoms with Crippen LogP contribution in [0, 0.1) is 0 Å². The van der Waals surface area contributed by atoms with E-state index in [-0.39, 0.29) is 0 Å². The van der Waals surface area contributed by atoms with Crippen LogP contribution in [0.4, 0.5) is 0 Å². The molecular weight excluding hydrogens is 172 g/mol. The van der Waals surface area contributed by atoms with E-state index in [2.05, 4.69) is 23.8 Å². The summed E-state index contributed by atoms with van der Waals surface area (Å²) in [5.74, 6) is 0. The molecule has 0 amide bonds. The van der Waals surface area contributed by atoms with Gasteiger partial charge in [0.2, 0.25) is 0 Å². The van der Waals surface area contributed by atoms with Gasteiger partial charge in [0.1, 0.15) is 0 Å². The van der Waals surface area contributed by atoms with E-state index in [0.29, 0.717) is 0 Å². The number of nitrogens with zero attached hydrogens (tertiary/aromatic N) is 1. The van der Waals surface area contributed by atoms with Crippen molar-refractivity contribution in [2.75, 3.05) is 13.6 Å². The molecule has 0 aromatic heterocycles. The standard InChI is InChI=1S/C12H22N2/c1-3-4-7-13-10-8-11-5-6-12(9-10)14(11)2/h3,10-13H,1,4-9H2,2H3. The van der Waals surface area contributed by atoms with Gasteiger partial charge in [-0.25, -0.2) is 0 Å². The summed E-state index contributed by atoms with van der Waals surface area (Å²) in [5, 5.41) is 3.65. The molecular formula is C12H22N2. The fourth-order valence-electron chi connectivity index (χ4n) is 2.97. The summed E-state index contributed by atoms with van der Waals surface area (Å²) >= 11 is 0. The summed E-state index contributed by atoms with van der Waals surface area (Å²) in [6.07, 6.45) is 8.63. The van der Waals surface area contributed by atoms with Crippen molar-refractivity contribution in [1.29, 1.82) is 0 Å². The second-order valence-corrected chi connectivity index (χ2v) is 4.75. The van der Waals surface area contributed by atoms with Crippen LogP contribution in [-0.2, 0) is 0 Å². The molecule has 0 aromatic carbocycles. The maximum atomic E-state index is 3.75. The number of rotatable bonds is 4. The van der Waals surface area contributed by atoms with Gasteiger partial charge in [-0.05, 0) is 45.7 Å². The minimum atomic E-state index is 0.767. The summed E-state index contributed by atoms with van der Waals surface area (Å²) < 4.78 is 0. The first-order chi connectivity index (χ1) is 6.81. The second-order valence-electron chi connectivity index (χ2n) is 4.75. The highest BCUT2D eigenvalue weighted by molar-refractivity contribution is 4.95. The molecule has 0 aliphatic carbocycles. The van der Waals surface area contributed by atoms with Crippen molar-refractivity contribution >= 4 is 0 Å². The first-order valence-electron chi connectivity index (χ1n) is 5.87. The van der Waals surface area contributed by atoms with Crippen molar-refractivity contribution in [3.8, 4) is 0 Å². The van der Waals surface area contributed by atoms with Crippen LogP contribution < -0.4 is 5.32 Å². The lowest BCUT2D eigenvalue weighted by molar-refractivity contribution is 0.149. The number of hydrogen-bond donors (Lipinski definition) is 1. The molecule has 2 atom stereocenters. The van der Waals surface area contributed by atoms with Gasteiger partial charge < -0.3 is 10.2 Å². The first-order valence-corrected chi connectivity index (χ1v) is 5.87. The fourth-order valence-corrected chi connectivity index (χ4v) is 2.97. The van der Waals surface area contributed by atoms with Gasteiger partial charge in [-0.2, -0.15) is 0 Å². The Morgan fingerprint density at radius 1 is 1.36 bits per heavy atom. The van der Waals surface area contributed by atoms with Crippen LogP contribution in [0.15, 0.2) is 12.7 Å². The summed E-state index contributed by atoms with van der Waals surface area (Å²) in [6.45, 7) is 4.86. The van der Waals surface area contributed by atoms with Crippen LogP contribution in [0.1, 0.15) is 32.1 Å². The Hall–Kier alpha value is -0.340. The number of hydrogen-bond acceptors (Lipinski definition) is 2. The molecule has 0 radical (unpaired) electrons. The zero-order valence-corrected chi connectivity index (χ0v) is 9.21. The van der Waals surface area contributed by atoms with E-state index < -0.39 is 0 Å². The first kappa shape index (κ1) is 10.2. The van der Waals surface area contributed by atoms with Gasteiger partial charge in [-0.1, -0.05) is 6.08 Å². The molecule has 2 unspecified atom stereocenters. The van der Waals surface area contributed by atoms with Gasteiger partial charge >= 0.3 is 0 Å². The third-order valence-corrected chi connectivity index (χ3v) is 3.88. The Kier molecular flexibility index (Phi) is 3.24. The largest absolute Gasteiger partial charge is 0.314 e. The van der Waals surface area contributed by atoms with E-state index >= 15 is 0 Å². The Morgan fingerprint density at radius 3 is 2.57 bits per heavy atom. The highest BCUT2D eigenvalue weighted by Gasteiger charge is 2.37. The van der Waals surface area contributed by atoms with Crippen LogP contribution in [0.2, 0.25) is 0 Å². The molecule has 1 N–H and O–H groups in total. The number of fused-ring (bicyclic) bond motifs is 2. The van der Waals surface area contributed by atoms with Crippen molar-refractivity contribution in [1.82, 2.24) is 10.2 Å². The maximum absolute atomic E-state index is 3.75. The van der Waals surface area contributed by atoms with Crippen molar-refractivity contribution in [3.63, 3.8) is 0 Å². The molecule has 0 spiro atoms. The van der Waals surface area contributed by atoms with Gasteiger partial charge in [0, 0.05) is 18.1 Å². The number of nitrogens with one attached hydrogen (secondary N) is 1. The molecule has 2 bridgehead atoms. The predicted molar refractivity (Wildman–Crippen MR) is 60.4 cm³/mol. The Bertz CT molecular complexity index is 188. The maximum Gasteiger partial charge on any atom is 0.0111 e. The van der Waals surface area contributed by atoms with Crippen LogP contribution in [0.25, 0.3) is 0 Å². The van der Waals surface area contributed by atoms with Crippen LogP contribution in [0.3, 0.4) is 0 Å². The molecule has 2 fully saturated rings. The molecule has 0 saturated carbocycles. The summed E-state index contributed by atoms with van der Waals surface area (Å²) in [4.78, 5) is 2.59. The third-order valence-electron chi connectivity index (χ3n) is 3.88. The van der Waals surface area contributed by atoms with Gasteiger partial charge in [0.25, 0.3) is 0 Å². The molecule has 2 nitrogen and oxygen atoms in total. The van der Waals surface area contributed by atoms with Crippen LogP contribution >= 0.6 is 0 Å². The van der Waals surface area contributed by atoms with Crippen molar-refractivity contribution in [2.24, 2.45) is 0 Å². The van der Waals surface area contributed by atoms with Crippen molar-refractivity contribution < 1.29 is 0 Å². The molecule has 14 heavy (non-hydrogen) atoms. The van der Waals surface area contributed by atoms with E-state index in [1.807, 2.05) is 6.08 Å². The lowest BCUT2D eigenvalue weighted by Crippen LogP contribution is -2.47. The zero-order chi connectivity index (χ0) is 9.97. The summed E-state index contributed by atoms with van der Waals surface area (Å²) in [5.41, 5.74) is 0. The van der Waals surface area contributed by atoms with Crippen LogP contribution in [0.5, 0.6) is 0 Å². The quantitative estimate of drug-likeness (QED) is 0.542. The van der Waals surface area contributed by atoms with E-state index in [9.17, 15) is 0 Å². The van der Waals surface area contributed by atoms with Gasteiger partial charge in [-0.3, -0.25) is 0 Å². The second kappa shape index (κ2) is 4.45. The summed E-state index contributed by atoms with van der Waals surface area (Å²) in [7, 11) is 2.29. The normalized spacial score (nSPS) is 37.4. The molecule has 2 rings (SSSR count). The van der Waals surface area contributed by atoms with Crippen molar-refractivity contribution in [3.05, 3.63) is 12.7 Å². The molecule has 2 saturated heterocycles. The Labute approximate surface area is 87.4 Å². The summed E-state index contributed by atoms with van der Waals surface area (Å²) in [6, 6.07) is 2.48. The highest BCUT2D eigenvalue weighted by Crippen LogP contribution is 2.33. The minimum Gasteiger partial charge on any atom is -0.314 e. The minimum absolute atomic E-state index is 0.767. The molecule has 2 heteroatoms. The van der Waals surface area contributed by atoms with E-state index in [1.54, 1.807) is 0 Å². The Morgan fingerprint density at radius 2 is 2.00 bits per heavy atom. The average molecular weight is 194 g/mol. The molecule has 2 aliphatic heterocycles. The van der Waals surface area contributed by atoms with Gasteiger partial charge in [-0.15, -0.1) is 6.58 Å². The molecule has 0 aromatic rings. The van der Waals surface area contributed by atoms with Crippen molar-refractivity contribution in [2.45, 2.75) is 50.2 Å². The zero-order valence-electron chi connectivity index (χ0n) is 9.21. The highest BCUT2D eigenvalue weighted by atomic mass is 15.2. The fraction of sp³-hybridized carbons (Fsp3) is 0.833. The van der Waals surface area contributed by atoms with Gasteiger partial charge in [0.15, 0.2) is 0 Å². The van der Waals surface area contributed by atoms with E-state index in [1.165, 1.54) is 25.7 Å². The lowest BCUT2D eigenvalue weighted by atomic mass is 9.98. The lowest BCUT2D eigenvalue weighted by Gasteiger charge is -2.36. The van der Waals surface area contributed by atoms with Gasteiger partial charge in [0.05, 0.1) is 0 Å². The Balaban J connectivity index is 1.78. The van der Waals surface area contributed by atoms with E-state index in [0.717, 1.165) is 31.1 Å². The topological polar surface area (TPSA) is 15.3 Å². The number of piperidine rings is 1. The molecule has 2 aliphatic rings. The smallest absolute Gasteiger partial charge is 0.0111 e. The monoisotopic (exact) mass is 194 g/mol. The SMILES string of the molecule is C=CCCNC1CC2CCC(C1)N2C.